The Morgan fingerprint density at radius 1 is 1.20 bits per heavy atom. The van der Waals surface area contributed by atoms with Crippen LogP contribution < -0.4 is 10.1 Å². The molecule has 0 fully saturated rings. The average Bonchev–Trinajstić information content (AvgIpc) is 2.42. The molecule has 2 aromatic carbocycles. The number of aryl methyl sites for hydroxylation is 1. The van der Waals surface area contributed by atoms with E-state index in [1.54, 1.807) is 19.2 Å². The first-order valence-electron chi connectivity index (χ1n) is 6.38. The minimum Gasteiger partial charge on any atom is -0.506 e. The maximum atomic E-state index is 9.40. The summed E-state index contributed by atoms with van der Waals surface area (Å²) in [6.07, 6.45) is 0. The predicted octanol–water partition coefficient (Wildman–Crippen LogP) is 4.28. The van der Waals surface area contributed by atoms with E-state index in [4.69, 9.17) is 16.3 Å². The van der Waals surface area contributed by atoms with Gasteiger partial charge in [-0.2, -0.15) is 0 Å². The SMILES string of the molecule is COc1c(C)ccc(NCc2ccc(O)c(Cl)c2)c1C. The summed E-state index contributed by atoms with van der Waals surface area (Å²) in [5, 5.41) is 13.1. The normalized spacial score (nSPS) is 10.4. The van der Waals surface area contributed by atoms with Gasteiger partial charge in [0, 0.05) is 17.8 Å². The molecule has 0 spiro atoms. The van der Waals surface area contributed by atoms with Crippen LogP contribution >= 0.6 is 11.6 Å². The van der Waals surface area contributed by atoms with Gasteiger partial charge >= 0.3 is 0 Å². The summed E-state index contributed by atoms with van der Waals surface area (Å²) in [6.45, 7) is 4.68. The van der Waals surface area contributed by atoms with Gasteiger partial charge in [0.15, 0.2) is 0 Å². The van der Waals surface area contributed by atoms with Crippen molar-refractivity contribution in [2.75, 3.05) is 12.4 Å². The van der Waals surface area contributed by atoms with Crippen molar-refractivity contribution in [3.05, 3.63) is 52.0 Å². The third-order valence-corrected chi connectivity index (χ3v) is 3.60. The standard InChI is InChI=1S/C16H18ClNO2/c1-10-4-6-14(11(2)16(10)20-3)18-9-12-5-7-15(19)13(17)8-12/h4-8,18-19H,9H2,1-3H3. The summed E-state index contributed by atoms with van der Waals surface area (Å²) >= 11 is 5.90. The number of aromatic hydroxyl groups is 1. The van der Waals surface area contributed by atoms with Gasteiger partial charge in [0.1, 0.15) is 11.5 Å². The molecule has 20 heavy (non-hydrogen) atoms. The molecule has 0 atom stereocenters. The van der Waals surface area contributed by atoms with Crippen molar-refractivity contribution in [1.82, 2.24) is 0 Å². The zero-order valence-electron chi connectivity index (χ0n) is 11.8. The first-order valence-corrected chi connectivity index (χ1v) is 6.76. The van der Waals surface area contributed by atoms with Crippen LogP contribution in [0.4, 0.5) is 5.69 Å². The number of hydrogen-bond acceptors (Lipinski definition) is 3. The molecule has 0 bridgehead atoms. The average molecular weight is 292 g/mol. The number of anilines is 1. The maximum absolute atomic E-state index is 9.40. The minimum absolute atomic E-state index is 0.101. The zero-order valence-corrected chi connectivity index (χ0v) is 12.6. The van der Waals surface area contributed by atoms with Crippen molar-refractivity contribution in [2.45, 2.75) is 20.4 Å². The van der Waals surface area contributed by atoms with E-state index in [2.05, 4.69) is 5.32 Å². The molecule has 0 aliphatic carbocycles. The van der Waals surface area contributed by atoms with Crippen LogP contribution in [-0.2, 0) is 6.54 Å². The molecule has 4 heteroatoms. The van der Waals surface area contributed by atoms with Crippen LogP contribution in [0.2, 0.25) is 5.02 Å². The second kappa shape index (κ2) is 6.06. The third-order valence-electron chi connectivity index (χ3n) is 3.30. The fourth-order valence-corrected chi connectivity index (χ4v) is 2.39. The van der Waals surface area contributed by atoms with Crippen molar-refractivity contribution < 1.29 is 9.84 Å². The Kier molecular flexibility index (Phi) is 4.40. The number of hydrogen-bond donors (Lipinski definition) is 2. The molecule has 106 valence electrons. The Morgan fingerprint density at radius 3 is 2.60 bits per heavy atom. The number of ether oxygens (including phenoxy) is 1. The van der Waals surface area contributed by atoms with Gasteiger partial charge in [-0.25, -0.2) is 0 Å². The van der Waals surface area contributed by atoms with Crippen LogP contribution in [0.15, 0.2) is 30.3 Å². The molecule has 0 heterocycles. The molecule has 0 radical (unpaired) electrons. The first kappa shape index (κ1) is 14.5. The highest BCUT2D eigenvalue weighted by molar-refractivity contribution is 6.32. The molecule has 2 N–H and O–H groups in total. The lowest BCUT2D eigenvalue weighted by atomic mass is 10.1. The van der Waals surface area contributed by atoms with Gasteiger partial charge < -0.3 is 15.2 Å². The zero-order chi connectivity index (χ0) is 14.7. The Balaban J connectivity index is 2.16. The van der Waals surface area contributed by atoms with E-state index in [1.165, 1.54) is 0 Å². The summed E-state index contributed by atoms with van der Waals surface area (Å²) in [5.41, 5.74) is 4.23. The summed E-state index contributed by atoms with van der Waals surface area (Å²) < 4.78 is 5.41. The molecule has 0 aliphatic rings. The maximum Gasteiger partial charge on any atom is 0.134 e. The summed E-state index contributed by atoms with van der Waals surface area (Å²) in [7, 11) is 1.68. The number of halogens is 1. The smallest absolute Gasteiger partial charge is 0.134 e. The van der Waals surface area contributed by atoms with Crippen molar-refractivity contribution in [2.24, 2.45) is 0 Å². The van der Waals surface area contributed by atoms with E-state index in [1.807, 2.05) is 32.0 Å². The van der Waals surface area contributed by atoms with E-state index in [9.17, 15) is 5.11 Å². The molecule has 2 aromatic rings. The van der Waals surface area contributed by atoms with Gasteiger partial charge in [0.2, 0.25) is 0 Å². The van der Waals surface area contributed by atoms with Gasteiger partial charge in [-0.15, -0.1) is 0 Å². The number of benzene rings is 2. The summed E-state index contributed by atoms with van der Waals surface area (Å²) in [4.78, 5) is 0. The Hall–Kier alpha value is -1.87. The number of methoxy groups -OCH3 is 1. The molecule has 0 unspecified atom stereocenters. The van der Waals surface area contributed by atoms with E-state index in [0.29, 0.717) is 11.6 Å². The van der Waals surface area contributed by atoms with Gasteiger partial charge in [-0.3, -0.25) is 0 Å². The lowest BCUT2D eigenvalue weighted by Gasteiger charge is -2.15. The molecule has 0 amide bonds. The monoisotopic (exact) mass is 291 g/mol. The van der Waals surface area contributed by atoms with E-state index >= 15 is 0 Å². The van der Waals surface area contributed by atoms with Gasteiger partial charge in [0.05, 0.1) is 12.1 Å². The molecule has 0 aliphatic heterocycles. The number of rotatable bonds is 4. The largest absolute Gasteiger partial charge is 0.506 e. The molecule has 0 saturated carbocycles. The highest BCUT2D eigenvalue weighted by atomic mass is 35.5. The van der Waals surface area contributed by atoms with Crippen molar-refractivity contribution in [3.63, 3.8) is 0 Å². The van der Waals surface area contributed by atoms with Gasteiger partial charge in [0.25, 0.3) is 0 Å². The summed E-state index contributed by atoms with van der Waals surface area (Å²) in [6, 6.07) is 9.26. The lowest BCUT2D eigenvalue weighted by Crippen LogP contribution is -2.03. The Bertz CT molecular complexity index is 626. The Labute approximate surface area is 124 Å². The number of phenolic OH excluding ortho intramolecular Hbond substituents is 1. The van der Waals surface area contributed by atoms with Crippen LogP contribution in [0.3, 0.4) is 0 Å². The fourth-order valence-electron chi connectivity index (χ4n) is 2.19. The topological polar surface area (TPSA) is 41.5 Å². The van der Waals surface area contributed by atoms with E-state index in [-0.39, 0.29) is 5.75 Å². The van der Waals surface area contributed by atoms with Crippen LogP contribution in [0.5, 0.6) is 11.5 Å². The Morgan fingerprint density at radius 2 is 1.95 bits per heavy atom. The molecular weight excluding hydrogens is 274 g/mol. The van der Waals surface area contributed by atoms with Crippen LogP contribution in [0, 0.1) is 13.8 Å². The first-order chi connectivity index (χ1) is 9.52. The van der Waals surface area contributed by atoms with Gasteiger partial charge in [-0.05, 0) is 43.2 Å². The molecule has 0 aromatic heterocycles. The molecule has 2 rings (SSSR count). The van der Waals surface area contributed by atoms with Crippen molar-refractivity contribution >= 4 is 17.3 Å². The van der Waals surface area contributed by atoms with Crippen LogP contribution in [-0.4, -0.2) is 12.2 Å². The highest BCUT2D eigenvalue weighted by Crippen LogP contribution is 2.30. The second-order valence-electron chi connectivity index (χ2n) is 4.73. The molecule has 0 saturated heterocycles. The van der Waals surface area contributed by atoms with Crippen molar-refractivity contribution in [1.29, 1.82) is 0 Å². The van der Waals surface area contributed by atoms with Gasteiger partial charge in [-0.1, -0.05) is 23.7 Å². The number of nitrogens with one attached hydrogen (secondary N) is 1. The van der Waals surface area contributed by atoms with E-state index in [0.717, 1.165) is 28.1 Å². The summed E-state index contributed by atoms with van der Waals surface area (Å²) in [5.74, 6) is 1.00. The van der Waals surface area contributed by atoms with E-state index < -0.39 is 0 Å². The second-order valence-corrected chi connectivity index (χ2v) is 5.13. The predicted molar refractivity (Wildman–Crippen MR) is 82.9 cm³/mol. The minimum atomic E-state index is 0.101. The number of phenols is 1. The fraction of sp³-hybridized carbons (Fsp3) is 0.250. The third kappa shape index (κ3) is 2.99. The quantitative estimate of drug-likeness (QED) is 0.883. The molecular formula is C16H18ClNO2. The van der Waals surface area contributed by atoms with Crippen LogP contribution in [0.25, 0.3) is 0 Å². The molecule has 3 nitrogen and oxygen atoms in total. The van der Waals surface area contributed by atoms with Crippen LogP contribution in [0.1, 0.15) is 16.7 Å². The lowest BCUT2D eigenvalue weighted by molar-refractivity contribution is 0.409. The highest BCUT2D eigenvalue weighted by Gasteiger charge is 2.08. The van der Waals surface area contributed by atoms with Crippen molar-refractivity contribution in [3.8, 4) is 11.5 Å².